The Morgan fingerprint density at radius 1 is 1.33 bits per heavy atom. The van der Waals surface area contributed by atoms with Gasteiger partial charge in [-0.05, 0) is 24.3 Å². The Labute approximate surface area is 104 Å². The van der Waals surface area contributed by atoms with Gasteiger partial charge >= 0.3 is 0 Å². The molecule has 1 unspecified atom stereocenters. The molecule has 1 aliphatic rings. The van der Waals surface area contributed by atoms with E-state index in [1.54, 1.807) is 24.7 Å². The van der Waals surface area contributed by atoms with Crippen LogP contribution < -0.4 is 5.32 Å². The van der Waals surface area contributed by atoms with Gasteiger partial charge in [0.15, 0.2) is 0 Å². The molecule has 5 heteroatoms. The van der Waals surface area contributed by atoms with Crippen LogP contribution >= 0.6 is 0 Å². The Bertz CT molecular complexity index is 517. The average molecular weight is 247 g/mol. The predicted molar refractivity (Wildman–Crippen MR) is 65.1 cm³/mol. The quantitative estimate of drug-likeness (QED) is 0.877. The zero-order valence-corrected chi connectivity index (χ0v) is 9.84. The van der Waals surface area contributed by atoms with Gasteiger partial charge in [-0.1, -0.05) is 0 Å². The summed E-state index contributed by atoms with van der Waals surface area (Å²) >= 11 is 0. The summed E-state index contributed by atoms with van der Waals surface area (Å²) in [5, 5.41) is 3.28. The topological polar surface area (TPSA) is 39.1 Å². The molecule has 18 heavy (non-hydrogen) atoms. The number of hydrogen-bond acceptors (Lipinski definition) is 3. The minimum Gasteiger partial charge on any atom is -0.369 e. The number of morpholine rings is 1. The fraction of sp³-hybridized carbons (Fsp3) is 0.308. The molecule has 2 heterocycles. The van der Waals surface area contributed by atoms with Crippen LogP contribution in [0.3, 0.4) is 0 Å². The molecule has 3 rings (SSSR count). The van der Waals surface area contributed by atoms with Gasteiger partial charge in [0.2, 0.25) is 0 Å². The first kappa shape index (κ1) is 11.4. The number of ether oxygens (including phenoxy) is 1. The van der Waals surface area contributed by atoms with E-state index in [4.69, 9.17) is 4.74 Å². The van der Waals surface area contributed by atoms with Crippen LogP contribution in [0.5, 0.6) is 0 Å². The van der Waals surface area contributed by atoms with Crippen LogP contribution in [0.2, 0.25) is 0 Å². The second kappa shape index (κ2) is 4.88. The normalized spacial score (nSPS) is 19.9. The number of nitrogens with one attached hydrogen (secondary N) is 1. The van der Waals surface area contributed by atoms with E-state index in [0.717, 1.165) is 24.5 Å². The summed E-state index contributed by atoms with van der Waals surface area (Å²) in [5.41, 5.74) is 1.87. The van der Waals surface area contributed by atoms with E-state index in [1.807, 2.05) is 4.57 Å². The van der Waals surface area contributed by atoms with Gasteiger partial charge in [0.25, 0.3) is 0 Å². The first-order chi connectivity index (χ1) is 8.84. The number of halogens is 1. The van der Waals surface area contributed by atoms with Crippen LogP contribution in [0.15, 0.2) is 36.8 Å². The second-order valence-corrected chi connectivity index (χ2v) is 4.23. The summed E-state index contributed by atoms with van der Waals surface area (Å²) in [6.07, 6.45) is 3.51. The van der Waals surface area contributed by atoms with Gasteiger partial charge in [-0.25, -0.2) is 9.37 Å². The number of hydrogen-bond donors (Lipinski definition) is 1. The molecule has 1 atom stereocenters. The van der Waals surface area contributed by atoms with Gasteiger partial charge in [-0.3, -0.25) is 0 Å². The van der Waals surface area contributed by atoms with Crippen molar-refractivity contribution in [1.82, 2.24) is 14.9 Å². The van der Waals surface area contributed by atoms with Crippen LogP contribution in [0.1, 0.15) is 11.8 Å². The predicted octanol–water partition coefficient (Wildman–Crippen LogP) is 1.67. The van der Waals surface area contributed by atoms with Crippen molar-refractivity contribution in [3.63, 3.8) is 0 Å². The standard InChI is InChI=1S/C13H14FN3O/c14-10-1-3-11(4-2-10)17-9-16-7-12(17)13-8-15-5-6-18-13/h1-4,7,9,13,15H,5-6,8H2. The lowest BCUT2D eigenvalue weighted by atomic mass is 10.2. The second-order valence-electron chi connectivity index (χ2n) is 4.23. The van der Waals surface area contributed by atoms with Crippen molar-refractivity contribution in [3.8, 4) is 5.69 Å². The van der Waals surface area contributed by atoms with Gasteiger partial charge in [0.1, 0.15) is 11.9 Å². The van der Waals surface area contributed by atoms with Crippen molar-refractivity contribution in [3.05, 3.63) is 48.3 Å². The molecule has 0 bridgehead atoms. The maximum Gasteiger partial charge on any atom is 0.123 e. The molecule has 1 aliphatic heterocycles. The van der Waals surface area contributed by atoms with E-state index < -0.39 is 0 Å². The zero-order chi connectivity index (χ0) is 12.4. The third-order valence-corrected chi connectivity index (χ3v) is 3.03. The van der Waals surface area contributed by atoms with E-state index >= 15 is 0 Å². The lowest BCUT2D eigenvalue weighted by Crippen LogP contribution is -2.34. The minimum atomic E-state index is -0.240. The Kier molecular flexibility index (Phi) is 3.08. The molecule has 0 spiro atoms. The fourth-order valence-electron chi connectivity index (χ4n) is 2.12. The van der Waals surface area contributed by atoms with Gasteiger partial charge in [0, 0.05) is 18.8 Å². The summed E-state index contributed by atoms with van der Waals surface area (Å²) in [5.74, 6) is -0.240. The van der Waals surface area contributed by atoms with E-state index in [2.05, 4.69) is 10.3 Å². The lowest BCUT2D eigenvalue weighted by molar-refractivity contribution is 0.0240. The number of benzene rings is 1. The van der Waals surface area contributed by atoms with Crippen LogP contribution in [0, 0.1) is 5.82 Å². The SMILES string of the molecule is Fc1ccc(-n2cncc2C2CNCCO2)cc1. The summed E-state index contributed by atoms with van der Waals surface area (Å²) in [6.45, 7) is 2.34. The van der Waals surface area contributed by atoms with Crippen LogP contribution in [0.4, 0.5) is 4.39 Å². The van der Waals surface area contributed by atoms with E-state index in [9.17, 15) is 4.39 Å². The molecule has 1 saturated heterocycles. The molecule has 94 valence electrons. The monoisotopic (exact) mass is 247 g/mol. The molecule has 1 N–H and O–H groups in total. The van der Waals surface area contributed by atoms with Crippen molar-refractivity contribution >= 4 is 0 Å². The number of rotatable bonds is 2. The smallest absolute Gasteiger partial charge is 0.123 e. The zero-order valence-electron chi connectivity index (χ0n) is 9.84. The highest BCUT2D eigenvalue weighted by Gasteiger charge is 2.19. The van der Waals surface area contributed by atoms with Crippen molar-refractivity contribution in [2.45, 2.75) is 6.10 Å². The maximum atomic E-state index is 12.9. The molecular weight excluding hydrogens is 233 g/mol. The van der Waals surface area contributed by atoms with Crippen molar-refractivity contribution in [1.29, 1.82) is 0 Å². The molecule has 0 radical (unpaired) electrons. The Morgan fingerprint density at radius 3 is 2.89 bits per heavy atom. The van der Waals surface area contributed by atoms with E-state index in [-0.39, 0.29) is 11.9 Å². The summed E-state index contributed by atoms with van der Waals surface area (Å²) in [6, 6.07) is 6.35. The molecule has 1 aromatic carbocycles. The van der Waals surface area contributed by atoms with Crippen molar-refractivity contribution in [2.75, 3.05) is 19.7 Å². The number of aromatic nitrogens is 2. The molecule has 0 saturated carbocycles. The molecular formula is C13H14FN3O. The van der Waals surface area contributed by atoms with Gasteiger partial charge in [0.05, 0.1) is 24.8 Å². The average Bonchev–Trinajstić information content (AvgIpc) is 2.90. The Hall–Kier alpha value is -1.72. The fourth-order valence-corrected chi connectivity index (χ4v) is 2.12. The summed E-state index contributed by atoms with van der Waals surface area (Å²) in [4.78, 5) is 4.16. The van der Waals surface area contributed by atoms with Gasteiger partial charge in [-0.2, -0.15) is 0 Å². The highest BCUT2D eigenvalue weighted by molar-refractivity contribution is 5.34. The Morgan fingerprint density at radius 2 is 2.17 bits per heavy atom. The van der Waals surface area contributed by atoms with Gasteiger partial charge in [-0.15, -0.1) is 0 Å². The molecule has 1 fully saturated rings. The molecule has 4 nitrogen and oxygen atoms in total. The molecule has 2 aromatic rings. The van der Waals surface area contributed by atoms with Crippen molar-refractivity contribution in [2.24, 2.45) is 0 Å². The number of nitrogens with zero attached hydrogens (tertiary/aromatic N) is 2. The van der Waals surface area contributed by atoms with Gasteiger partial charge < -0.3 is 14.6 Å². The highest BCUT2D eigenvalue weighted by atomic mass is 19.1. The lowest BCUT2D eigenvalue weighted by Gasteiger charge is -2.24. The first-order valence-electron chi connectivity index (χ1n) is 5.95. The third-order valence-electron chi connectivity index (χ3n) is 3.03. The van der Waals surface area contributed by atoms with Crippen molar-refractivity contribution < 1.29 is 9.13 Å². The summed E-state index contributed by atoms with van der Waals surface area (Å²) in [7, 11) is 0. The molecule has 1 aromatic heterocycles. The molecule has 0 amide bonds. The highest BCUT2D eigenvalue weighted by Crippen LogP contribution is 2.21. The number of imidazole rings is 1. The Balaban J connectivity index is 1.93. The van der Waals surface area contributed by atoms with Crippen LogP contribution in [-0.2, 0) is 4.74 Å². The van der Waals surface area contributed by atoms with Crippen LogP contribution in [0.25, 0.3) is 5.69 Å². The molecule has 0 aliphatic carbocycles. The first-order valence-corrected chi connectivity index (χ1v) is 5.95. The maximum absolute atomic E-state index is 12.9. The van der Waals surface area contributed by atoms with E-state index in [1.165, 1.54) is 12.1 Å². The largest absolute Gasteiger partial charge is 0.369 e. The summed E-state index contributed by atoms with van der Waals surface area (Å²) < 4.78 is 20.6. The minimum absolute atomic E-state index is 0.00805. The van der Waals surface area contributed by atoms with Crippen LogP contribution in [-0.4, -0.2) is 29.2 Å². The third kappa shape index (κ3) is 2.14. The van der Waals surface area contributed by atoms with E-state index in [0.29, 0.717) is 6.61 Å².